The van der Waals surface area contributed by atoms with Gasteiger partial charge in [0.05, 0.1) is 12.0 Å². The molecule has 1 aliphatic heterocycles. The van der Waals surface area contributed by atoms with Crippen molar-refractivity contribution < 1.29 is 19.4 Å². The Labute approximate surface area is 173 Å². The molecule has 0 aromatic heterocycles. The second-order valence-electron chi connectivity index (χ2n) is 6.18. The molecule has 1 heterocycles. The molecule has 0 bridgehead atoms. The van der Waals surface area contributed by atoms with Gasteiger partial charge in [0.2, 0.25) is 0 Å². The van der Waals surface area contributed by atoms with Crippen molar-refractivity contribution in [1.29, 1.82) is 0 Å². The van der Waals surface area contributed by atoms with E-state index in [1.165, 1.54) is 16.7 Å². The summed E-state index contributed by atoms with van der Waals surface area (Å²) < 4.78 is 5.66. The molecule has 2 aromatic carbocycles. The summed E-state index contributed by atoms with van der Waals surface area (Å²) in [6, 6.07) is 15.7. The van der Waals surface area contributed by atoms with Gasteiger partial charge in [0.25, 0.3) is 5.91 Å². The van der Waals surface area contributed by atoms with Crippen molar-refractivity contribution in [2.24, 2.45) is 0 Å². The van der Waals surface area contributed by atoms with Crippen molar-refractivity contribution in [2.45, 2.75) is 12.8 Å². The molecule has 1 N–H and O–H groups in total. The Morgan fingerprint density at radius 2 is 1.96 bits per heavy atom. The van der Waals surface area contributed by atoms with E-state index in [2.05, 4.69) is 0 Å². The summed E-state index contributed by atoms with van der Waals surface area (Å²) in [5.41, 5.74) is 2.99. The third-order valence-corrected chi connectivity index (χ3v) is 5.63. The van der Waals surface area contributed by atoms with Crippen molar-refractivity contribution in [1.82, 2.24) is 4.90 Å². The molecule has 28 heavy (non-hydrogen) atoms. The average Bonchev–Trinajstić information content (AvgIpc) is 2.95. The third kappa shape index (κ3) is 4.79. The number of carboxylic acid groups (broad SMARTS) is 1. The lowest BCUT2D eigenvalue weighted by Gasteiger charge is -2.13. The maximum absolute atomic E-state index is 12.6. The number of carboxylic acids is 1. The van der Waals surface area contributed by atoms with Crippen LogP contribution in [0.4, 0.5) is 0 Å². The summed E-state index contributed by atoms with van der Waals surface area (Å²) in [4.78, 5) is 25.3. The Morgan fingerprint density at radius 3 is 2.64 bits per heavy atom. The smallest absolute Gasteiger partial charge is 0.303 e. The maximum Gasteiger partial charge on any atom is 0.303 e. The Hall–Kier alpha value is -2.64. The molecule has 1 saturated heterocycles. The fraction of sp³-hybridized carbons (Fsp3) is 0.190. The van der Waals surface area contributed by atoms with Gasteiger partial charge in [-0.25, -0.2) is 0 Å². The fourth-order valence-electron chi connectivity index (χ4n) is 2.82. The van der Waals surface area contributed by atoms with Gasteiger partial charge in [0.15, 0.2) is 0 Å². The molecule has 0 spiro atoms. The van der Waals surface area contributed by atoms with Gasteiger partial charge in [0, 0.05) is 13.0 Å². The summed E-state index contributed by atoms with van der Waals surface area (Å²) in [6.07, 6.45) is 2.21. The van der Waals surface area contributed by atoms with E-state index < -0.39 is 5.97 Å². The van der Waals surface area contributed by atoms with E-state index in [0.717, 1.165) is 22.4 Å². The third-order valence-electron chi connectivity index (χ3n) is 4.25. The molecule has 144 valence electrons. The number of thioether (sulfide) groups is 1. The molecular formula is C21H19NO4S2. The molecule has 5 nitrogen and oxygen atoms in total. The van der Waals surface area contributed by atoms with Crippen LogP contribution in [0.1, 0.15) is 18.4 Å². The van der Waals surface area contributed by atoms with Crippen LogP contribution in [0.5, 0.6) is 5.75 Å². The Balaban J connectivity index is 1.77. The van der Waals surface area contributed by atoms with Crippen molar-refractivity contribution >= 4 is 46.3 Å². The van der Waals surface area contributed by atoms with Crippen LogP contribution >= 0.6 is 24.0 Å². The number of aliphatic carboxylic acids is 1. The Morgan fingerprint density at radius 1 is 1.21 bits per heavy atom. The maximum atomic E-state index is 12.6. The number of rotatable bonds is 7. The first-order valence-electron chi connectivity index (χ1n) is 8.69. The van der Waals surface area contributed by atoms with E-state index >= 15 is 0 Å². The largest absolute Gasteiger partial charge is 0.497 e. The van der Waals surface area contributed by atoms with Crippen LogP contribution in [0, 0.1) is 0 Å². The van der Waals surface area contributed by atoms with Crippen molar-refractivity contribution in [3.8, 4) is 16.9 Å². The summed E-state index contributed by atoms with van der Waals surface area (Å²) in [5.74, 6) is -0.252. The zero-order valence-corrected chi connectivity index (χ0v) is 16.9. The number of carbonyl (C=O) groups excluding carboxylic acids is 1. The molecule has 3 rings (SSSR count). The highest BCUT2D eigenvalue weighted by molar-refractivity contribution is 8.26. The number of hydrogen-bond acceptors (Lipinski definition) is 5. The van der Waals surface area contributed by atoms with Gasteiger partial charge in [-0.3, -0.25) is 14.5 Å². The van der Waals surface area contributed by atoms with Crippen LogP contribution in [-0.4, -0.2) is 39.9 Å². The van der Waals surface area contributed by atoms with Crippen LogP contribution in [0.3, 0.4) is 0 Å². The summed E-state index contributed by atoms with van der Waals surface area (Å²) in [5, 5.41) is 8.76. The molecule has 0 unspecified atom stereocenters. The molecular weight excluding hydrogens is 394 g/mol. The lowest BCUT2D eigenvalue weighted by Crippen LogP contribution is -2.29. The van der Waals surface area contributed by atoms with Gasteiger partial charge in [0.1, 0.15) is 10.1 Å². The summed E-state index contributed by atoms with van der Waals surface area (Å²) in [6.45, 7) is 0.320. The highest BCUT2D eigenvalue weighted by Crippen LogP contribution is 2.33. The number of ether oxygens (including phenoxy) is 1. The molecule has 0 aliphatic carbocycles. The van der Waals surface area contributed by atoms with Crippen molar-refractivity contribution in [3.63, 3.8) is 0 Å². The number of benzene rings is 2. The SMILES string of the molecule is COc1ccc(-c2cccc(/C=C3\SC(=S)N(CCCC(=O)O)C3=O)c2)cc1. The monoisotopic (exact) mass is 413 g/mol. The van der Waals surface area contributed by atoms with Crippen molar-refractivity contribution in [2.75, 3.05) is 13.7 Å². The van der Waals surface area contributed by atoms with Crippen LogP contribution in [0.15, 0.2) is 53.4 Å². The molecule has 1 aliphatic rings. The number of thiocarbonyl (C=S) groups is 1. The number of nitrogens with zero attached hydrogens (tertiary/aromatic N) is 1. The minimum atomic E-state index is -0.878. The molecule has 0 saturated carbocycles. The number of carbonyl (C=O) groups is 2. The molecule has 1 fully saturated rings. The zero-order chi connectivity index (χ0) is 20.1. The van der Waals surface area contributed by atoms with E-state index in [1.807, 2.05) is 54.6 Å². The molecule has 0 atom stereocenters. The first-order valence-corrected chi connectivity index (χ1v) is 9.92. The van der Waals surface area contributed by atoms with Gasteiger partial charge in [-0.2, -0.15) is 0 Å². The lowest BCUT2D eigenvalue weighted by atomic mass is 10.0. The number of hydrogen-bond donors (Lipinski definition) is 1. The fourth-order valence-corrected chi connectivity index (χ4v) is 4.13. The van der Waals surface area contributed by atoms with E-state index in [1.54, 1.807) is 7.11 Å². The normalized spacial score (nSPS) is 15.3. The molecule has 7 heteroatoms. The zero-order valence-electron chi connectivity index (χ0n) is 15.3. The average molecular weight is 414 g/mol. The van der Waals surface area contributed by atoms with Gasteiger partial charge >= 0.3 is 5.97 Å². The quantitative estimate of drug-likeness (QED) is 0.535. The van der Waals surface area contributed by atoms with E-state index in [0.29, 0.717) is 22.2 Å². The van der Waals surface area contributed by atoms with Crippen molar-refractivity contribution in [3.05, 3.63) is 59.0 Å². The lowest BCUT2D eigenvalue weighted by molar-refractivity contribution is -0.137. The first kappa shape index (κ1) is 20.1. The minimum absolute atomic E-state index is 0.0139. The van der Waals surface area contributed by atoms with E-state index in [9.17, 15) is 9.59 Å². The standard InChI is InChI=1S/C21H19NO4S2/c1-26-17-9-7-15(8-10-17)16-5-2-4-14(12-16)13-18-20(25)22(21(27)28-18)11-3-6-19(23)24/h2,4-5,7-10,12-13H,3,6,11H2,1H3,(H,23,24)/b18-13-. The second-order valence-corrected chi connectivity index (χ2v) is 7.86. The molecule has 0 radical (unpaired) electrons. The second kappa shape index (κ2) is 9.03. The van der Waals surface area contributed by atoms with Gasteiger partial charge in [-0.05, 0) is 47.4 Å². The first-order chi connectivity index (χ1) is 13.5. The topological polar surface area (TPSA) is 66.8 Å². The van der Waals surface area contributed by atoms with E-state index in [-0.39, 0.29) is 12.3 Å². The molecule has 1 amide bonds. The van der Waals surface area contributed by atoms with Crippen LogP contribution in [0.2, 0.25) is 0 Å². The van der Waals surface area contributed by atoms with Crippen LogP contribution < -0.4 is 4.74 Å². The van der Waals surface area contributed by atoms with Crippen LogP contribution in [-0.2, 0) is 9.59 Å². The summed E-state index contributed by atoms with van der Waals surface area (Å²) >= 11 is 6.53. The van der Waals surface area contributed by atoms with Gasteiger partial charge in [-0.15, -0.1) is 0 Å². The van der Waals surface area contributed by atoms with Crippen LogP contribution in [0.25, 0.3) is 17.2 Å². The number of methoxy groups -OCH3 is 1. The molecule has 2 aromatic rings. The Bertz CT molecular complexity index is 938. The predicted molar refractivity (Wildman–Crippen MR) is 115 cm³/mol. The minimum Gasteiger partial charge on any atom is -0.497 e. The Kier molecular flexibility index (Phi) is 6.49. The predicted octanol–water partition coefficient (Wildman–Crippen LogP) is 4.43. The number of amides is 1. The highest BCUT2D eigenvalue weighted by Gasteiger charge is 2.31. The van der Waals surface area contributed by atoms with E-state index in [4.69, 9.17) is 22.1 Å². The highest BCUT2D eigenvalue weighted by atomic mass is 32.2. The summed E-state index contributed by atoms with van der Waals surface area (Å²) in [7, 11) is 1.63. The van der Waals surface area contributed by atoms with Gasteiger partial charge in [-0.1, -0.05) is 54.3 Å². The van der Waals surface area contributed by atoms with Gasteiger partial charge < -0.3 is 9.84 Å².